The number of amides is 1. The number of nitrogens with one attached hydrogen (secondary N) is 1. The second-order valence-corrected chi connectivity index (χ2v) is 8.07. The number of benzene rings is 2. The summed E-state index contributed by atoms with van der Waals surface area (Å²) < 4.78 is 0. The molecule has 0 aromatic heterocycles. The van der Waals surface area contributed by atoms with Gasteiger partial charge < -0.3 is 0 Å². The van der Waals surface area contributed by atoms with Crippen LogP contribution in [0, 0.1) is 12.3 Å². The average molecular weight is 388 g/mol. The lowest BCUT2D eigenvalue weighted by atomic mass is 10.0. The highest BCUT2D eigenvalue weighted by atomic mass is 32.2. The fourth-order valence-corrected chi connectivity index (χ4v) is 3.92. The van der Waals surface area contributed by atoms with Crippen molar-refractivity contribution in [1.82, 2.24) is 5.01 Å². The molecule has 1 amide bonds. The number of rotatable bonds is 3. The predicted molar refractivity (Wildman–Crippen MR) is 116 cm³/mol. The second kappa shape index (κ2) is 7.20. The first-order valence-corrected chi connectivity index (χ1v) is 9.91. The molecule has 2 aromatic carbocycles. The maximum Gasteiger partial charge on any atom is 0.283 e. The Morgan fingerprint density at radius 2 is 1.89 bits per heavy atom. The maximum absolute atomic E-state index is 12.5. The number of carbonyl (C=O) groups excluding carboxylic acids is 1. The van der Waals surface area contributed by atoms with Gasteiger partial charge in [-0.2, -0.15) is 15.1 Å². The van der Waals surface area contributed by atoms with Crippen LogP contribution < -0.4 is 0 Å². The molecular weight excluding hydrogens is 368 g/mol. The fraction of sp³-hybridized carbons (Fsp3) is 0.182. The number of carbonyl (C=O) groups is 1. The van der Waals surface area contributed by atoms with Crippen LogP contribution in [0.3, 0.4) is 0 Å². The second-order valence-electron chi connectivity index (χ2n) is 7.12. The van der Waals surface area contributed by atoms with Gasteiger partial charge in [0, 0.05) is 5.56 Å². The number of fused-ring (bicyclic) bond motifs is 1. The summed E-state index contributed by atoms with van der Waals surface area (Å²) in [6, 6.07) is 16.0. The van der Waals surface area contributed by atoms with E-state index in [1.165, 1.54) is 22.3 Å². The first-order valence-electron chi connectivity index (χ1n) is 9.09. The van der Waals surface area contributed by atoms with Crippen LogP contribution in [0.25, 0.3) is 6.08 Å². The molecule has 2 aliphatic heterocycles. The number of hydrogen-bond donors (Lipinski definition) is 1. The third kappa shape index (κ3) is 3.43. The van der Waals surface area contributed by atoms with Crippen LogP contribution in [0.4, 0.5) is 0 Å². The van der Waals surface area contributed by atoms with E-state index >= 15 is 0 Å². The third-order valence-electron chi connectivity index (χ3n) is 4.63. The fourth-order valence-electron chi connectivity index (χ4n) is 3.03. The normalized spacial score (nSPS) is 17.9. The Hall–Kier alpha value is -2.99. The summed E-state index contributed by atoms with van der Waals surface area (Å²) in [6.07, 6.45) is 1.71. The summed E-state index contributed by atoms with van der Waals surface area (Å²) in [6.45, 7) is 6.29. The van der Waals surface area contributed by atoms with Gasteiger partial charge in [-0.15, -0.1) is 0 Å². The van der Waals surface area contributed by atoms with Crippen molar-refractivity contribution in [2.75, 3.05) is 0 Å². The van der Waals surface area contributed by atoms with Gasteiger partial charge in [0.1, 0.15) is 5.04 Å². The van der Waals surface area contributed by atoms with Crippen LogP contribution in [-0.2, 0) is 4.79 Å². The van der Waals surface area contributed by atoms with Crippen molar-refractivity contribution in [1.29, 1.82) is 5.41 Å². The topological polar surface area (TPSA) is 68.9 Å². The highest BCUT2D eigenvalue weighted by Crippen LogP contribution is 2.31. The van der Waals surface area contributed by atoms with E-state index in [9.17, 15) is 4.79 Å². The summed E-state index contributed by atoms with van der Waals surface area (Å²) in [5.74, 6) is 0.0925. The van der Waals surface area contributed by atoms with E-state index in [-0.39, 0.29) is 11.4 Å². The van der Waals surface area contributed by atoms with Crippen LogP contribution in [-0.4, -0.2) is 27.0 Å². The zero-order valence-corrected chi connectivity index (χ0v) is 16.7. The first kappa shape index (κ1) is 18.4. The number of hydrogen-bond acceptors (Lipinski definition) is 4. The number of aryl methyl sites for hydroxylation is 1. The van der Waals surface area contributed by atoms with Gasteiger partial charge in [-0.3, -0.25) is 10.2 Å². The molecule has 2 aliphatic rings. The van der Waals surface area contributed by atoms with Crippen molar-refractivity contribution in [3.63, 3.8) is 0 Å². The standard InChI is InChI=1S/C22H20N4OS/c1-13(2)16-9-7-15(8-10-16)12-18-19(23)26-22(24-20(18)27)28-21(25-26)17-6-4-5-14(3)11-17/h4-13,23H,1-3H3/b18-12-,23-19?. The van der Waals surface area contributed by atoms with Crippen LogP contribution in [0.1, 0.15) is 42.0 Å². The van der Waals surface area contributed by atoms with E-state index in [0.717, 1.165) is 21.7 Å². The summed E-state index contributed by atoms with van der Waals surface area (Å²) in [5, 5.41) is 15.6. The van der Waals surface area contributed by atoms with Gasteiger partial charge in [-0.1, -0.05) is 61.9 Å². The molecule has 0 radical (unpaired) electrons. The summed E-state index contributed by atoms with van der Waals surface area (Å²) in [5.41, 5.74) is 4.43. The molecule has 1 N–H and O–H groups in total. The molecule has 4 rings (SSSR count). The predicted octanol–water partition coefficient (Wildman–Crippen LogP) is 4.79. The number of aliphatic imine (C=N–C) groups is 1. The van der Waals surface area contributed by atoms with Crippen molar-refractivity contribution < 1.29 is 4.79 Å². The maximum atomic E-state index is 12.5. The molecule has 0 saturated heterocycles. The van der Waals surface area contributed by atoms with Crippen molar-refractivity contribution in [3.8, 4) is 0 Å². The number of nitrogens with zero attached hydrogens (tertiary/aromatic N) is 3. The molecule has 5 nitrogen and oxygen atoms in total. The quantitative estimate of drug-likeness (QED) is 0.769. The largest absolute Gasteiger partial charge is 0.283 e. The molecule has 6 heteroatoms. The lowest BCUT2D eigenvalue weighted by Crippen LogP contribution is -2.35. The third-order valence-corrected chi connectivity index (χ3v) is 5.59. The molecular formula is C22H20N4OS. The molecule has 2 heterocycles. The highest BCUT2D eigenvalue weighted by molar-refractivity contribution is 8.27. The van der Waals surface area contributed by atoms with Gasteiger partial charge in [0.2, 0.25) is 5.17 Å². The Bertz CT molecular complexity index is 1060. The zero-order chi connectivity index (χ0) is 19.8. The molecule has 0 fully saturated rings. The zero-order valence-electron chi connectivity index (χ0n) is 15.9. The monoisotopic (exact) mass is 388 g/mol. The Morgan fingerprint density at radius 3 is 2.57 bits per heavy atom. The molecule has 0 atom stereocenters. The van der Waals surface area contributed by atoms with Gasteiger partial charge in [0.25, 0.3) is 5.91 Å². The van der Waals surface area contributed by atoms with E-state index in [4.69, 9.17) is 5.41 Å². The van der Waals surface area contributed by atoms with E-state index in [1.54, 1.807) is 6.08 Å². The van der Waals surface area contributed by atoms with Gasteiger partial charge in [-0.05, 0) is 47.9 Å². The van der Waals surface area contributed by atoms with E-state index in [1.807, 2.05) is 55.5 Å². The van der Waals surface area contributed by atoms with Crippen molar-refractivity contribution in [3.05, 3.63) is 76.4 Å². The number of amidine groups is 2. The van der Waals surface area contributed by atoms with Gasteiger partial charge in [0.05, 0.1) is 5.57 Å². The Kier molecular flexibility index (Phi) is 4.73. The molecule has 0 bridgehead atoms. The van der Waals surface area contributed by atoms with Gasteiger partial charge in [-0.25, -0.2) is 0 Å². The van der Waals surface area contributed by atoms with Crippen molar-refractivity contribution >= 4 is 39.8 Å². The van der Waals surface area contributed by atoms with Crippen molar-refractivity contribution in [2.45, 2.75) is 26.7 Å². The Balaban J connectivity index is 1.65. The lowest BCUT2D eigenvalue weighted by Gasteiger charge is -2.20. The molecule has 140 valence electrons. The summed E-state index contributed by atoms with van der Waals surface area (Å²) in [4.78, 5) is 16.7. The van der Waals surface area contributed by atoms with Crippen LogP contribution in [0.5, 0.6) is 0 Å². The molecule has 28 heavy (non-hydrogen) atoms. The molecule has 0 aliphatic carbocycles. The smallest absolute Gasteiger partial charge is 0.282 e. The minimum atomic E-state index is -0.405. The van der Waals surface area contributed by atoms with Crippen LogP contribution in [0.2, 0.25) is 0 Å². The Labute approximate surface area is 168 Å². The summed E-state index contributed by atoms with van der Waals surface area (Å²) >= 11 is 1.31. The molecule has 0 unspecified atom stereocenters. The number of thioether (sulfide) groups is 1. The van der Waals surface area contributed by atoms with Crippen LogP contribution in [0.15, 0.2) is 64.2 Å². The SMILES string of the molecule is Cc1cccc(C2=NN3C(=N)/C(=C/c4ccc(C(C)C)cc4)C(=O)N=C3S2)c1. The average Bonchev–Trinajstić information content (AvgIpc) is 3.10. The van der Waals surface area contributed by atoms with E-state index in [2.05, 4.69) is 23.9 Å². The summed E-state index contributed by atoms with van der Waals surface area (Å²) in [7, 11) is 0. The first-order chi connectivity index (χ1) is 13.4. The minimum absolute atomic E-state index is 0.0538. The minimum Gasteiger partial charge on any atom is -0.282 e. The van der Waals surface area contributed by atoms with Gasteiger partial charge in [0.15, 0.2) is 5.84 Å². The molecule has 2 aromatic rings. The van der Waals surface area contributed by atoms with Crippen LogP contribution >= 0.6 is 11.8 Å². The Morgan fingerprint density at radius 1 is 1.14 bits per heavy atom. The lowest BCUT2D eigenvalue weighted by molar-refractivity contribution is -0.114. The van der Waals surface area contributed by atoms with Crippen molar-refractivity contribution in [2.24, 2.45) is 10.1 Å². The molecule has 0 saturated carbocycles. The highest BCUT2D eigenvalue weighted by Gasteiger charge is 2.36. The molecule has 0 spiro atoms. The van der Waals surface area contributed by atoms with Gasteiger partial charge >= 0.3 is 0 Å². The van der Waals surface area contributed by atoms with E-state index in [0.29, 0.717) is 11.1 Å². The number of hydrazone groups is 1. The van der Waals surface area contributed by atoms with E-state index < -0.39 is 5.91 Å².